The summed E-state index contributed by atoms with van der Waals surface area (Å²) in [6, 6.07) is 3.82. The fraction of sp³-hybridized carbons (Fsp3) is 0.955. The molecule has 0 N–H and O–H groups in total. The van der Waals surface area contributed by atoms with E-state index in [-0.39, 0.29) is 126 Å². The zero-order valence-corrected chi connectivity index (χ0v) is 82.6. The number of carbonyl (C=O) groups excluding carboxylic acids is 1. The average molecular weight is 2130 g/mol. The number of hydrogen-bond donors (Lipinski definition) is 10. The zero-order valence-electron chi connectivity index (χ0n) is 65.5. The Bertz CT molecular complexity index is 5560. The molecule has 0 aromatic heterocycles. The predicted molar refractivity (Wildman–Crippen MR) is 466 cm³/mol. The van der Waals surface area contributed by atoms with Crippen molar-refractivity contribution in [2.45, 2.75) is 294 Å². The predicted octanol–water partition coefficient (Wildman–Crippen LogP) is -1.52. The van der Waals surface area contributed by atoms with Gasteiger partial charge in [-0.25, -0.2) is 25.3 Å². The second-order valence-electron chi connectivity index (χ2n) is 36.4. The summed E-state index contributed by atoms with van der Waals surface area (Å²) in [5, 5.41) is 13.9. The van der Waals surface area contributed by atoms with Crippen molar-refractivity contribution in [2.24, 2.45) is 41.4 Å². The molecule has 0 spiro atoms. The lowest BCUT2D eigenvalue weighted by atomic mass is 9.81. The quantitative estimate of drug-likeness (QED) is 0.0810. The zero-order chi connectivity index (χ0) is 90.5. The number of fused-ring (bicyclic) bond motifs is 8. The Hall–Kier alpha value is 0.890. The van der Waals surface area contributed by atoms with Crippen LogP contribution in [0.4, 0.5) is 0 Å². The smallest absolute Gasteiger partial charge is 0.312 e. The molecule has 2 aliphatic carbocycles. The molecule has 0 aromatic carbocycles. The summed E-state index contributed by atoms with van der Waals surface area (Å²) in [7, 11) is -31.6. The molecule has 24 aliphatic heterocycles. The van der Waals surface area contributed by atoms with Gasteiger partial charge >= 0.3 is 5.97 Å². The van der Waals surface area contributed by atoms with Crippen molar-refractivity contribution >= 4 is 233 Å². The van der Waals surface area contributed by atoms with Gasteiger partial charge in [-0.2, -0.15) is 183 Å². The number of rotatable bonds is 1. The van der Waals surface area contributed by atoms with Gasteiger partial charge in [-0.3, -0.25) is 34.1 Å². The average Bonchev–Trinajstić information content (AvgIpc) is 1.51. The number of methoxy groups -OCH3 is 1. The van der Waals surface area contributed by atoms with Crippen LogP contribution in [0.15, 0.2) is 0 Å². The highest BCUT2D eigenvalue weighted by Crippen LogP contribution is 2.63. The Morgan fingerprint density at radius 2 is 1.01 bits per heavy atom. The van der Waals surface area contributed by atoms with Crippen molar-refractivity contribution in [3.63, 3.8) is 0 Å². The van der Waals surface area contributed by atoms with Crippen LogP contribution in [-0.2, 0) is 172 Å². The van der Waals surface area contributed by atoms with Gasteiger partial charge in [0.1, 0.15) is 110 Å². The molecule has 45 unspecified atom stereocenters. The summed E-state index contributed by atoms with van der Waals surface area (Å²) >= 11 is 42.5. The molecule has 26 rings (SSSR count). The number of nitrogens with zero attached hydrogens (tertiary/aromatic N) is 2. The van der Waals surface area contributed by atoms with Crippen molar-refractivity contribution in [3.8, 4) is 12.1 Å². The first kappa shape index (κ1) is 96.6. The fourth-order valence-electron chi connectivity index (χ4n) is 23.4. The number of thiol groups is 10. The topological polar surface area (TPSA) is 545 Å². The largest absolute Gasteiger partial charge is 0.469 e. The molecule has 45 atom stereocenters. The molecular weight excluding hydrogens is 2040 g/mol. The first-order valence-corrected chi connectivity index (χ1v) is 60.4. The first-order chi connectivity index (χ1) is 57.2. The molecular formula is C66H92N2O36S20. The molecule has 24 saturated heterocycles. The fourth-order valence-corrected chi connectivity index (χ4v) is 48.6. The number of hydrogen-bond acceptors (Lipinski definition) is 48. The third-order valence-electron chi connectivity index (χ3n) is 29.3. The number of esters is 1. The summed E-state index contributed by atoms with van der Waals surface area (Å²) in [6.45, 7) is 7.42. The van der Waals surface area contributed by atoms with Crippen molar-refractivity contribution in [2.75, 3.05) is 35.9 Å². The van der Waals surface area contributed by atoms with E-state index in [1.54, 1.807) is 0 Å². The number of sulfone groups is 3. The molecule has 0 amide bonds. The lowest BCUT2D eigenvalue weighted by Crippen LogP contribution is -2.46. The minimum Gasteiger partial charge on any atom is -0.469 e. The van der Waals surface area contributed by atoms with E-state index in [9.17, 15) is 89.0 Å². The minimum atomic E-state index is -3.81. The minimum absolute atomic E-state index is 0.0104. The molecule has 0 radical (unpaired) electrons. The molecule has 24 heterocycles. The van der Waals surface area contributed by atoms with Gasteiger partial charge in [-0.15, -0.1) is 12.6 Å². The number of ether oxygens (including phenoxy) is 8. The first-order valence-electron chi connectivity index (χ1n) is 39.6. The lowest BCUT2D eigenvalue weighted by molar-refractivity contribution is -0.146. The summed E-state index contributed by atoms with van der Waals surface area (Å²) in [6.07, 6.45) is -0.877. The third-order valence-corrected chi connectivity index (χ3v) is 54.2. The molecule has 2 saturated carbocycles. The Morgan fingerprint density at radius 3 is 1.50 bits per heavy atom. The van der Waals surface area contributed by atoms with Gasteiger partial charge in [0, 0.05) is 40.4 Å². The van der Waals surface area contributed by atoms with Gasteiger partial charge < -0.3 is 37.9 Å². The van der Waals surface area contributed by atoms with Crippen LogP contribution in [0, 0.1) is 64.1 Å². The lowest BCUT2D eigenvalue weighted by Gasteiger charge is -2.27. The summed E-state index contributed by atoms with van der Waals surface area (Å²) in [5.74, 6) is 1.06. The highest BCUT2D eigenvalue weighted by molar-refractivity contribution is 7.94. The van der Waals surface area contributed by atoms with E-state index < -0.39 is 232 Å². The summed E-state index contributed by atoms with van der Waals surface area (Å²) in [5.41, 5.74) is -2.17. The van der Waals surface area contributed by atoms with E-state index in [1.807, 2.05) is 39.8 Å². The molecule has 58 heteroatoms. The third kappa shape index (κ3) is 15.3. The van der Waals surface area contributed by atoms with Crippen LogP contribution in [0.25, 0.3) is 0 Å². The van der Waals surface area contributed by atoms with Crippen LogP contribution in [0.3, 0.4) is 0 Å². The Labute approximate surface area is 774 Å². The standard InChI is InChI=1S/C8H10O6S2.C8H12O4S2.C8H12O2S2.2C7H7NO4S2.2C7H10O4S2.C7H10O3S2.C4H8O2S2.C3H6O3S2/c1-12-8(9)2-3-6(15)4-5(13-3)7(2)16(10,11)14-4;1-7-3-4-8(2,12-7)5(6(7)13)11-14(4,9)10;9-12(10)3-6-5-1-4(8(6)11)2-7(5)12;8-2-7-1-3-5(13)4(6(7)11-3)12-14(7,9)10;8-1-2-3-6(13)4-5(11-3)7(2)14(9,10)12-4;1-7-4-2-3(10-7)5(12)6(7)11-13(4,8)9;1-2-3-6(12)4-5(10-3)7(2)13(8,9)11-4;8-12(9)2-3-6-5(12)1-4(10-6)7(3)11;5-8(6)2-1-4(7)3-8;4-8(5)2-1-3(7)6-8/h2-7,15H,1H3;4-6,13H,3H2,1-2H3;4-8,11H,1-3H2;3-6,13H,1H2;2-7,13H;3-6,12H,2H2,1H3;2-7,12H,1H3;3-7,11H,1-2H2;4,7H,1-3H2;3,7H,1-2H2. The monoisotopic (exact) mass is 2130 g/mol. The number of nitriles is 2. The van der Waals surface area contributed by atoms with Crippen molar-refractivity contribution in [3.05, 3.63) is 0 Å². The van der Waals surface area contributed by atoms with E-state index in [4.69, 9.17) is 68.8 Å². The van der Waals surface area contributed by atoms with Gasteiger partial charge in [0.15, 0.2) is 29.5 Å². The maximum atomic E-state index is 11.7. The Kier molecular flexibility index (Phi) is 25.1. The van der Waals surface area contributed by atoms with Crippen molar-refractivity contribution in [1.82, 2.24) is 0 Å². The van der Waals surface area contributed by atoms with Crippen LogP contribution in [-0.4, -0.2) is 341 Å². The maximum absolute atomic E-state index is 11.7. The second kappa shape index (κ2) is 32.2. The van der Waals surface area contributed by atoms with Crippen LogP contribution < -0.4 is 0 Å². The highest BCUT2D eigenvalue weighted by atomic mass is 32.3. The second-order valence-corrected chi connectivity index (χ2v) is 61.4. The van der Waals surface area contributed by atoms with Gasteiger partial charge in [0.25, 0.3) is 70.8 Å². The normalized spacial score (nSPS) is 55.9. The van der Waals surface area contributed by atoms with Gasteiger partial charge in [0.2, 0.25) is 4.75 Å². The molecule has 26 fully saturated rings. The molecule has 124 heavy (non-hydrogen) atoms. The Morgan fingerprint density at radius 1 is 0.444 bits per heavy atom. The van der Waals surface area contributed by atoms with Gasteiger partial charge in [0.05, 0.1) is 144 Å². The van der Waals surface area contributed by atoms with E-state index in [1.165, 1.54) is 7.11 Å². The summed E-state index contributed by atoms with van der Waals surface area (Å²) < 4.78 is 303. The number of carbonyl (C=O) groups is 1. The van der Waals surface area contributed by atoms with Gasteiger partial charge in [-0.1, -0.05) is 6.92 Å². The summed E-state index contributed by atoms with van der Waals surface area (Å²) in [4.78, 5) is 11.6. The molecule has 16 bridgehead atoms. The van der Waals surface area contributed by atoms with E-state index in [0.29, 0.717) is 65.9 Å². The van der Waals surface area contributed by atoms with Crippen LogP contribution in [0.2, 0.25) is 0 Å². The van der Waals surface area contributed by atoms with E-state index in [0.717, 1.165) is 19.3 Å². The van der Waals surface area contributed by atoms with Crippen molar-refractivity contribution < 1.29 is 156 Å². The van der Waals surface area contributed by atoms with Crippen LogP contribution >= 0.6 is 126 Å². The highest BCUT2D eigenvalue weighted by Gasteiger charge is 2.79. The molecule has 702 valence electrons. The van der Waals surface area contributed by atoms with E-state index in [2.05, 4.69) is 135 Å². The Balaban J connectivity index is 0.0000000981. The maximum Gasteiger partial charge on any atom is 0.312 e. The molecule has 38 nitrogen and oxygen atoms in total. The van der Waals surface area contributed by atoms with Crippen LogP contribution in [0.5, 0.6) is 0 Å². The van der Waals surface area contributed by atoms with Gasteiger partial charge in [-0.05, 0) is 77.0 Å². The molecule has 26 aliphatic rings. The molecule has 0 aromatic rings. The van der Waals surface area contributed by atoms with Crippen molar-refractivity contribution in [1.29, 1.82) is 10.5 Å². The van der Waals surface area contributed by atoms with E-state index >= 15 is 0 Å². The van der Waals surface area contributed by atoms with Crippen LogP contribution in [0.1, 0.15) is 79.1 Å². The SMILES string of the molecule is CC12CC3C(C)(O1)C(OS3(=O)=O)C2S.CC12OC3CC1S(=O)(=O)OC2C3S.CC1C2OC3C(OS(=O)(=O)C13)C2S.COC(=O)C1C2OC3C(OS(=O)(=O)C31)C2S.N#CC12CC3OC1C(OS2(=O)=O)C3S.N#CC1C2OC3C(OS(=O)(=O)C13)C2S.O=S1(=O)CC2C(S)C3CC1C2O3.O=S1(=O)CC2C(S)C3CC2C1C3.O=S1(=O)CCC(S)C1.O=S1(=O)CCC(S)O1.